The molecule has 1 aliphatic heterocycles. The third-order valence-electron chi connectivity index (χ3n) is 3.41. The Labute approximate surface area is 130 Å². The second kappa shape index (κ2) is 5.85. The van der Waals surface area contributed by atoms with Crippen molar-refractivity contribution in [1.29, 1.82) is 0 Å². The van der Waals surface area contributed by atoms with E-state index in [1.54, 1.807) is 0 Å². The Balaban J connectivity index is 1.74. The summed E-state index contributed by atoms with van der Waals surface area (Å²) in [5.41, 5.74) is 2.05. The van der Waals surface area contributed by atoms with Crippen molar-refractivity contribution in [3.05, 3.63) is 63.9 Å². The SMILES string of the molecule is O=C(OCc1ccccc1)N1CCc2cc(Br)cc(F)c21. The molecule has 0 fully saturated rings. The summed E-state index contributed by atoms with van der Waals surface area (Å²) in [6.07, 6.45) is 0.116. The molecule has 0 aliphatic carbocycles. The maximum atomic E-state index is 14.0. The van der Waals surface area contributed by atoms with Crippen LogP contribution in [-0.2, 0) is 17.8 Å². The first-order valence-corrected chi connectivity index (χ1v) is 7.40. The second-order valence-electron chi connectivity index (χ2n) is 4.84. The van der Waals surface area contributed by atoms with Crippen LogP contribution in [0.25, 0.3) is 0 Å². The van der Waals surface area contributed by atoms with E-state index < -0.39 is 11.9 Å². The molecule has 1 heterocycles. The molecule has 2 aromatic carbocycles. The molecule has 21 heavy (non-hydrogen) atoms. The Bertz CT molecular complexity index is 675. The third kappa shape index (κ3) is 2.93. The van der Waals surface area contributed by atoms with E-state index in [1.807, 2.05) is 36.4 Å². The molecule has 0 saturated carbocycles. The van der Waals surface area contributed by atoms with Gasteiger partial charge in [0.25, 0.3) is 0 Å². The maximum Gasteiger partial charge on any atom is 0.414 e. The molecule has 1 amide bonds. The number of hydrogen-bond acceptors (Lipinski definition) is 2. The van der Waals surface area contributed by atoms with Crippen molar-refractivity contribution in [3.8, 4) is 0 Å². The van der Waals surface area contributed by atoms with E-state index in [9.17, 15) is 9.18 Å². The van der Waals surface area contributed by atoms with Crippen LogP contribution in [0.2, 0.25) is 0 Å². The highest BCUT2D eigenvalue weighted by Gasteiger charge is 2.29. The summed E-state index contributed by atoms with van der Waals surface area (Å²) in [5, 5.41) is 0. The lowest BCUT2D eigenvalue weighted by molar-refractivity contribution is 0.147. The normalized spacial score (nSPS) is 13.1. The zero-order chi connectivity index (χ0) is 14.8. The number of nitrogens with zero attached hydrogens (tertiary/aromatic N) is 1. The summed E-state index contributed by atoms with van der Waals surface area (Å²) < 4.78 is 20.0. The fourth-order valence-electron chi connectivity index (χ4n) is 2.44. The minimum atomic E-state index is -0.515. The summed E-state index contributed by atoms with van der Waals surface area (Å²) in [6, 6.07) is 12.6. The lowest BCUT2D eigenvalue weighted by Crippen LogP contribution is -2.30. The van der Waals surface area contributed by atoms with Crippen LogP contribution in [0.15, 0.2) is 46.9 Å². The number of benzene rings is 2. The van der Waals surface area contributed by atoms with E-state index in [0.29, 0.717) is 23.1 Å². The van der Waals surface area contributed by atoms with Gasteiger partial charge < -0.3 is 4.74 Å². The average molecular weight is 350 g/mol. The number of carbonyl (C=O) groups excluding carboxylic acids is 1. The molecule has 3 rings (SSSR count). The van der Waals surface area contributed by atoms with Crippen LogP contribution in [0, 0.1) is 5.82 Å². The number of ether oxygens (including phenoxy) is 1. The van der Waals surface area contributed by atoms with Crippen LogP contribution in [0.3, 0.4) is 0 Å². The van der Waals surface area contributed by atoms with Gasteiger partial charge in [0.05, 0.1) is 5.69 Å². The van der Waals surface area contributed by atoms with Gasteiger partial charge in [-0.15, -0.1) is 0 Å². The highest BCUT2D eigenvalue weighted by Crippen LogP contribution is 2.34. The zero-order valence-electron chi connectivity index (χ0n) is 11.2. The summed E-state index contributed by atoms with van der Waals surface area (Å²) in [5.74, 6) is -0.409. The molecule has 0 saturated heterocycles. The van der Waals surface area contributed by atoms with E-state index >= 15 is 0 Å². The summed E-state index contributed by atoms with van der Waals surface area (Å²) in [4.78, 5) is 13.5. The van der Waals surface area contributed by atoms with Gasteiger partial charge in [0.1, 0.15) is 12.4 Å². The standard InChI is InChI=1S/C16H13BrFNO2/c17-13-8-12-6-7-19(15(12)14(18)9-13)16(20)21-10-11-4-2-1-3-5-11/h1-5,8-9H,6-7,10H2. The summed E-state index contributed by atoms with van der Waals surface area (Å²) >= 11 is 3.26. The van der Waals surface area contributed by atoms with Gasteiger partial charge in [0.2, 0.25) is 0 Å². The molecule has 0 N–H and O–H groups in total. The van der Waals surface area contributed by atoms with E-state index in [4.69, 9.17) is 4.74 Å². The minimum Gasteiger partial charge on any atom is -0.444 e. The highest BCUT2D eigenvalue weighted by atomic mass is 79.9. The summed E-state index contributed by atoms with van der Waals surface area (Å²) in [6.45, 7) is 0.625. The molecule has 0 atom stereocenters. The second-order valence-corrected chi connectivity index (χ2v) is 5.75. The predicted octanol–water partition coefficient (Wildman–Crippen LogP) is 4.29. The number of amides is 1. The lowest BCUT2D eigenvalue weighted by atomic mass is 10.1. The van der Waals surface area contributed by atoms with Crippen molar-refractivity contribution in [1.82, 2.24) is 0 Å². The van der Waals surface area contributed by atoms with E-state index in [1.165, 1.54) is 11.0 Å². The molecule has 3 nitrogen and oxygen atoms in total. The number of hydrogen-bond donors (Lipinski definition) is 0. The van der Waals surface area contributed by atoms with Gasteiger partial charge in [0, 0.05) is 11.0 Å². The van der Waals surface area contributed by atoms with Crippen molar-refractivity contribution in [2.45, 2.75) is 13.0 Å². The largest absolute Gasteiger partial charge is 0.444 e. The first kappa shape index (κ1) is 14.1. The van der Waals surface area contributed by atoms with E-state index in [2.05, 4.69) is 15.9 Å². The van der Waals surface area contributed by atoms with Crippen molar-refractivity contribution in [2.75, 3.05) is 11.4 Å². The van der Waals surface area contributed by atoms with E-state index in [0.717, 1.165) is 11.1 Å². The lowest BCUT2D eigenvalue weighted by Gasteiger charge is -2.17. The van der Waals surface area contributed by atoms with Crippen LogP contribution in [0.4, 0.5) is 14.9 Å². The Kier molecular flexibility index (Phi) is 3.92. The van der Waals surface area contributed by atoms with Gasteiger partial charge in [-0.25, -0.2) is 9.18 Å². The van der Waals surface area contributed by atoms with E-state index in [-0.39, 0.29) is 6.61 Å². The average Bonchev–Trinajstić information content (AvgIpc) is 2.90. The fourth-order valence-corrected chi connectivity index (χ4v) is 2.91. The molecule has 2 aromatic rings. The van der Waals surface area contributed by atoms with Gasteiger partial charge in [0.15, 0.2) is 0 Å². The van der Waals surface area contributed by atoms with Crippen LogP contribution in [0.5, 0.6) is 0 Å². The minimum absolute atomic E-state index is 0.184. The molecule has 5 heteroatoms. The fraction of sp³-hybridized carbons (Fsp3) is 0.188. The van der Waals surface area contributed by atoms with Crippen LogP contribution in [0.1, 0.15) is 11.1 Å². The molecule has 0 radical (unpaired) electrons. The number of anilines is 1. The molecule has 108 valence electrons. The first-order valence-electron chi connectivity index (χ1n) is 6.61. The maximum absolute atomic E-state index is 14.0. The number of halogens is 2. The molecule has 0 bridgehead atoms. The zero-order valence-corrected chi connectivity index (χ0v) is 12.8. The predicted molar refractivity (Wildman–Crippen MR) is 81.8 cm³/mol. The number of rotatable bonds is 2. The Morgan fingerprint density at radius 1 is 1.29 bits per heavy atom. The van der Waals surface area contributed by atoms with Crippen molar-refractivity contribution in [2.24, 2.45) is 0 Å². The van der Waals surface area contributed by atoms with Crippen LogP contribution >= 0.6 is 15.9 Å². The Hall–Kier alpha value is -1.88. The Morgan fingerprint density at radius 3 is 2.81 bits per heavy atom. The van der Waals surface area contributed by atoms with Crippen LogP contribution < -0.4 is 4.90 Å². The van der Waals surface area contributed by atoms with Crippen LogP contribution in [-0.4, -0.2) is 12.6 Å². The molecule has 0 unspecified atom stereocenters. The highest BCUT2D eigenvalue weighted by molar-refractivity contribution is 9.10. The molecule has 1 aliphatic rings. The van der Waals surface area contributed by atoms with Gasteiger partial charge in [-0.1, -0.05) is 46.3 Å². The Morgan fingerprint density at radius 2 is 2.05 bits per heavy atom. The molecule has 0 spiro atoms. The van der Waals surface area contributed by atoms with Gasteiger partial charge in [-0.2, -0.15) is 0 Å². The monoisotopic (exact) mass is 349 g/mol. The topological polar surface area (TPSA) is 29.5 Å². The smallest absolute Gasteiger partial charge is 0.414 e. The van der Waals surface area contributed by atoms with Gasteiger partial charge in [-0.3, -0.25) is 4.90 Å². The number of carbonyl (C=O) groups is 1. The number of fused-ring (bicyclic) bond motifs is 1. The third-order valence-corrected chi connectivity index (χ3v) is 3.87. The first-order chi connectivity index (χ1) is 10.1. The van der Waals surface area contributed by atoms with Crippen molar-refractivity contribution >= 4 is 27.7 Å². The molecule has 0 aromatic heterocycles. The van der Waals surface area contributed by atoms with Crippen molar-refractivity contribution in [3.63, 3.8) is 0 Å². The quantitative estimate of drug-likeness (QED) is 0.809. The molecular formula is C16H13BrFNO2. The summed E-state index contributed by atoms with van der Waals surface area (Å²) in [7, 11) is 0. The van der Waals surface area contributed by atoms with Gasteiger partial charge >= 0.3 is 6.09 Å². The van der Waals surface area contributed by atoms with Gasteiger partial charge in [-0.05, 0) is 29.7 Å². The molecular weight excluding hydrogens is 337 g/mol. The van der Waals surface area contributed by atoms with Crippen molar-refractivity contribution < 1.29 is 13.9 Å².